The topological polar surface area (TPSA) is 41.1 Å². The molecular formula is C17H19ClN2O. The largest absolute Gasteiger partial charge is 0.376 e. The fraction of sp³-hybridized carbons (Fsp3) is 0.235. The molecule has 0 aliphatic carbocycles. The Morgan fingerprint density at radius 2 is 1.86 bits per heavy atom. The van der Waals surface area contributed by atoms with Crippen molar-refractivity contribution in [2.45, 2.75) is 20.3 Å². The van der Waals surface area contributed by atoms with E-state index in [0.29, 0.717) is 10.7 Å². The molecule has 0 aliphatic rings. The van der Waals surface area contributed by atoms with Crippen LogP contribution in [0.3, 0.4) is 0 Å². The second-order valence-corrected chi connectivity index (χ2v) is 5.34. The third-order valence-electron chi connectivity index (χ3n) is 3.21. The van der Waals surface area contributed by atoms with Gasteiger partial charge in [-0.2, -0.15) is 0 Å². The van der Waals surface area contributed by atoms with Gasteiger partial charge in [0.1, 0.15) is 0 Å². The molecule has 0 saturated carbocycles. The molecule has 0 bridgehead atoms. The van der Waals surface area contributed by atoms with Crippen LogP contribution in [0, 0.1) is 6.92 Å². The molecule has 3 nitrogen and oxygen atoms in total. The molecule has 2 N–H and O–H groups in total. The van der Waals surface area contributed by atoms with Crippen molar-refractivity contribution in [1.82, 2.24) is 0 Å². The molecule has 2 rings (SSSR count). The summed E-state index contributed by atoms with van der Waals surface area (Å²) in [6.07, 6.45) is 1.01. The highest BCUT2D eigenvalue weighted by Gasteiger charge is 2.05. The quantitative estimate of drug-likeness (QED) is 0.866. The van der Waals surface area contributed by atoms with Crippen molar-refractivity contribution in [3.63, 3.8) is 0 Å². The van der Waals surface area contributed by atoms with Gasteiger partial charge in [0.05, 0.1) is 17.3 Å². The molecule has 0 atom stereocenters. The minimum absolute atomic E-state index is 0.125. The number of amides is 1. The van der Waals surface area contributed by atoms with Crippen LogP contribution < -0.4 is 10.6 Å². The van der Waals surface area contributed by atoms with Crippen LogP contribution in [0.4, 0.5) is 11.4 Å². The Labute approximate surface area is 130 Å². The lowest BCUT2D eigenvalue weighted by molar-refractivity contribution is -0.114. The van der Waals surface area contributed by atoms with E-state index in [9.17, 15) is 4.79 Å². The van der Waals surface area contributed by atoms with Gasteiger partial charge in [0.15, 0.2) is 0 Å². The molecule has 2 aromatic carbocycles. The summed E-state index contributed by atoms with van der Waals surface area (Å²) in [7, 11) is 0. The van der Waals surface area contributed by atoms with E-state index in [1.165, 1.54) is 5.56 Å². The standard InChI is InChI=1S/C17H19ClN2O/c1-3-13-5-7-14(8-6-13)19-11-17(21)20-16-9-4-12(2)10-15(16)18/h4-10,19H,3,11H2,1-2H3,(H,20,21). The van der Waals surface area contributed by atoms with Crippen LogP contribution in [0.25, 0.3) is 0 Å². The first kappa shape index (κ1) is 15.4. The summed E-state index contributed by atoms with van der Waals surface area (Å²) in [4.78, 5) is 11.9. The van der Waals surface area contributed by atoms with Crippen molar-refractivity contribution >= 4 is 28.9 Å². The molecular weight excluding hydrogens is 284 g/mol. The van der Waals surface area contributed by atoms with E-state index in [1.54, 1.807) is 0 Å². The zero-order valence-electron chi connectivity index (χ0n) is 12.2. The average Bonchev–Trinajstić information content (AvgIpc) is 2.48. The van der Waals surface area contributed by atoms with E-state index in [1.807, 2.05) is 37.3 Å². The molecule has 4 heteroatoms. The van der Waals surface area contributed by atoms with Gasteiger partial charge in [-0.15, -0.1) is 0 Å². The van der Waals surface area contributed by atoms with E-state index in [-0.39, 0.29) is 12.5 Å². The Balaban J connectivity index is 1.89. The summed E-state index contributed by atoms with van der Waals surface area (Å²) >= 11 is 6.09. The van der Waals surface area contributed by atoms with E-state index in [0.717, 1.165) is 17.7 Å². The predicted molar refractivity (Wildman–Crippen MR) is 89.1 cm³/mol. The normalized spacial score (nSPS) is 10.2. The van der Waals surface area contributed by atoms with E-state index < -0.39 is 0 Å². The summed E-state index contributed by atoms with van der Waals surface area (Å²) in [6, 6.07) is 13.6. The van der Waals surface area contributed by atoms with Crippen LogP contribution in [0.15, 0.2) is 42.5 Å². The fourth-order valence-corrected chi connectivity index (χ4v) is 2.24. The van der Waals surface area contributed by atoms with E-state index in [2.05, 4.69) is 29.7 Å². The number of rotatable bonds is 5. The summed E-state index contributed by atoms with van der Waals surface area (Å²) in [5.41, 5.74) is 3.90. The molecule has 0 aliphatic heterocycles. The van der Waals surface area contributed by atoms with Crippen LogP contribution >= 0.6 is 11.6 Å². The SMILES string of the molecule is CCc1ccc(NCC(=O)Nc2ccc(C)cc2Cl)cc1. The Morgan fingerprint density at radius 1 is 1.14 bits per heavy atom. The molecule has 0 spiro atoms. The molecule has 0 fully saturated rings. The molecule has 1 amide bonds. The van der Waals surface area contributed by atoms with Gasteiger partial charge >= 0.3 is 0 Å². The minimum Gasteiger partial charge on any atom is -0.376 e. The van der Waals surface area contributed by atoms with Gasteiger partial charge in [0, 0.05) is 5.69 Å². The van der Waals surface area contributed by atoms with E-state index in [4.69, 9.17) is 11.6 Å². The minimum atomic E-state index is -0.125. The van der Waals surface area contributed by atoms with Gasteiger partial charge in [-0.3, -0.25) is 4.79 Å². The summed E-state index contributed by atoms with van der Waals surface area (Å²) in [5, 5.41) is 6.44. The maximum Gasteiger partial charge on any atom is 0.243 e. The lowest BCUT2D eigenvalue weighted by atomic mass is 10.1. The molecule has 2 aromatic rings. The number of carbonyl (C=O) groups excluding carboxylic acids is 1. The zero-order chi connectivity index (χ0) is 15.2. The van der Waals surface area contributed by atoms with Gasteiger partial charge in [-0.1, -0.05) is 36.7 Å². The fourth-order valence-electron chi connectivity index (χ4n) is 1.96. The molecule has 21 heavy (non-hydrogen) atoms. The Morgan fingerprint density at radius 3 is 2.48 bits per heavy atom. The maximum absolute atomic E-state index is 11.9. The van der Waals surface area contributed by atoms with Crippen molar-refractivity contribution in [2.24, 2.45) is 0 Å². The predicted octanol–water partition coefficient (Wildman–Crippen LogP) is 4.26. The average molecular weight is 303 g/mol. The second-order valence-electron chi connectivity index (χ2n) is 4.94. The van der Waals surface area contributed by atoms with Gasteiger partial charge in [0.2, 0.25) is 5.91 Å². The Kier molecular flexibility index (Phi) is 5.23. The maximum atomic E-state index is 11.9. The van der Waals surface area contributed by atoms with Crippen LogP contribution in [0.1, 0.15) is 18.1 Å². The van der Waals surface area contributed by atoms with Gasteiger partial charge in [-0.25, -0.2) is 0 Å². The zero-order valence-corrected chi connectivity index (χ0v) is 13.0. The Hall–Kier alpha value is -2.00. The number of hydrogen-bond donors (Lipinski definition) is 2. The number of nitrogens with one attached hydrogen (secondary N) is 2. The summed E-state index contributed by atoms with van der Waals surface area (Å²) < 4.78 is 0. The first-order valence-corrected chi connectivity index (χ1v) is 7.35. The first-order chi connectivity index (χ1) is 10.1. The molecule has 0 saturated heterocycles. The number of anilines is 2. The van der Waals surface area contributed by atoms with Crippen molar-refractivity contribution in [1.29, 1.82) is 0 Å². The second kappa shape index (κ2) is 7.14. The summed E-state index contributed by atoms with van der Waals surface area (Å²) in [5.74, 6) is -0.125. The van der Waals surface area contributed by atoms with Gasteiger partial charge < -0.3 is 10.6 Å². The van der Waals surface area contributed by atoms with Crippen LogP contribution in [-0.4, -0.2) is 12.5 Å². The highest BCUT2D eigenvalue weighted by Crippen LogP contribution is 2.22. The number of halogens is 1. The third-order valence-corrected chi connectivity index (χ3v) is 3.53. The highest BCUT2D eigenvalue weighted by atomic mass is 35.5. The van der Waals surface area contributed by atoms with Gasteiger partial charge in [0.25, 0.3) is 0 Å². The van der Waals surface area contributed by atoms with Crippen molar-refractivity contribution in [2.75, 3.05) is 17.2 Å². The first-order valence-electron chi connectivity index (χ1n) is 6.97. The van der Waals surface area contributed by atoms with Crippen molar-refractivity contribution in [3.05, 3.63) is 58.6 Å². The number of benzene rings is 2. The highest BCUT2D eigenvalue weighted by molar-refractivity contribution is 6.33. The van der Waals surface area contributed by atoms with E-state index >= 15 is 0 Å². The number of hydrogen-bond acceptors (Lipinski definition) is 2. The lowest BCUT2D eigenvalue weighted by Crippen LogP contribution is -2.21. The molecule has 0 heterocycles. The van der Waals surface area contributed by atoms with Crippen molar-refractivity contribution < 1.29 is 4.79 Å². The molecule has 0 unspecified atom stereocenters. The van der Waals surface area contributed by atoms with Crippen LogP contribution in [0.5, 0.6) is 0 Å². The number of carbonyl (C=O) groups is 1. The summed E-state index contributed by atoms with van der Waals surface area (Å²) in [6.45, 7) is 4.27. The van der Waals surface area contributed by atoms with Crippen LogP contribution in [0.2, 0.25) is 5.02 Å². The lowest BCUT2D eigenvalue weighted by Gasteiger charge is -2.10. The molecule has 0 radical (unpaired) electrons. The molecule has 110 valence electrons. The molecule has 0 aromatic heterocycles. The van der Waals surface area contributed by atoms with Crippen molar-refractivity contribution in [3.8, 4) is 0 Å². The number of aryl methyl sites for hydroxylation is 2. The Bertz CT molecular complexity index is 623. The smallest absolute Gasteiger partial charge is 0.243 e. The monoisotopic (exact) mass is 302 g/mol. The third kappa shape index (κ3) is 4.50. The van der Waals surface area contributed by atoms with Crippen LogP contribution in [-0.2, 0) is 11.2 Å². The van der Waals surface area contributed by atoms with Gasteiger partial charge in [-0.05, 0) is 48.7 Å².